The summed E-state index contributed by atoms with van der Waals surface area (Å²) in [4.78, 5) is 9.69. The van der Waals surface area contributed by atoms with Crippen molar-refractivity contribution in [3.05, 3.63) is 29.6 Å². The van der Waals surface area contributed by atoms with E-state index in [1.54, 1.807) is 0 Å². The van der Waals surface area contributed by atoms with Crippen molar-refractivity contribution < 1.29 is 0 Å². The highest BCUT2D eigenvalue weighted by molar-refractivity contribution is 5.73. The molecule has 9 nitrogen and oxygen atoms in total. The van der Waals surface area contributed by atoms with Crippen LogP contribution in [0.3, 0.4) is 0 Å². The molecule has 2 aliphatic heterocycles. The highest BCUT2D eigenvalue weighted by Gasteiger charge is 2.26. The van der Waals surface area contributed by atoms with Crippen molar-refractivity contribution in [1.82, 2.24) is 35.0 Å². The van der Waals surface area contributed by atoms with Crippen LogP contribution in [0.4, 0.5) is 17.6 Å². The van der Waals surface area contributed by atoms with E-state index < -0.39 is 0 Å². The molecule has 3 aromatic rings. The lowest BCUT2D eigenvalue weighted by molar-refractivity contribution is 0.229. The number of aromatic amines is 1. The van der Waals surface area contributed by atoms with Crippen molar-refractivity contribution >= 4 is 23.1 Å². The summed E-state index contributed by atoms with van der Waals surface area (Å²) in [6, 6.07) is 6.43. The summed E-state index contributed by atoms with van der Waals surface area (Å²) >= 11 is 0. The first-order valence-corrected chi connectivity index (χ1v) is 11.2. The lowest BCUT2D eigenvalue weighted by atomic mass is 10.3. The van der Waals surface area contributed by atoms with E-state index in [2.05, 4.69) is 53.3 Å². The van der Waals surface area contributed by atoms with E-state index in [9.17, 15) is 0 Å². The van der Waals surface area contributed by atoms with Crippen molar-refractivity contribution in [3.8, 4) is 0 Å². The molecule has 3 N–H and O–H groups in total. The molecule has 0 radical (unpaired) electrons. The molecule has 3 aromatic heterocycles. The van der Waals surface area contributed by atoms with Gasteiger partial charge < -0.3 is 15.5 Å². The molecule has 5 heterocycles. The average Bonchev–Trinajstić information content (AvgIpc) is 3.16. The maximum Gasteiger partial charge on any atom is 0.245 e. The molecule has 1 aliphatic carbocycles. The first-order valence-electron chi connectivity index (χ1n) is 11.2. The predicted octanol–water partition coefficient (Wildman–Crippen LogP) is 2.08. The summed E-state index contributed by atoms with van der Waals surface area (Å²) in [6.45, 7) is 7.18. The fourth-order valence-corrected chi connectivity index (χ4v) is 4.52. The molecule has 0 aromatic carbocycles. The van der Waals surface area contributed by atoms with Crippen LogP contribution in [0, 0.1) is 0 Å². The first-order chi connectivity index (χ1) is 14.8. The normalized spacial score (nSPS) is 20.3. The Bertz CT molecular complexity index is 1020. The van der Waals surface area contributed by atoms with Gasteiger partial charge in [-0.15, -0.1) is 5.10 Å². The largest absolute Gasteiger partial charge is 0.340 e. The van der Waals surface area contributed by atoms with E-state index in [1.807, 2.05) is 0 Å². The Labute approximate surface area is 175 Å². The third-order valence-electron chi connectivity index (χ3n) is 6.42. The van der Waals surface area contributed by atoms with Gasteiger partial charge in [-0.2, -0.15) is 10.1 Å². The van der Waals surface area contributed by atoms with Crippen LogP contribution in [0.1, 0.15) is 43.0 Å². The number of rotatable bonds is 6. The van der Waals surface area contributed by atoms with Gasteiger partial charge in [0.1, 0.15) is 5.52 Å². The minimum Gasteiger partial charge on any atom is -0.340 e. The monoisotopic (exact) mass is 407 g/mol. The van der Waals surface area contributed by atoms with E-state index in [1.165, 1.54) is 37.1 Å². The van der Waals surface area contributed by atoms with Crippen LogP contribution in [-0.2, 0) is 6.54 Å². The Kier molecular flexibility index (Phi) is 4.57. The van der Waals surface area contributed by atoms with Gasteiger partial charge in [0.05, 0.1) is 5.69 Å². The molecule has 3 fully saturated rings. The molecule has 30 heavy (non-hydrogen) atoms. The quantitative estimate of drug-likeness (QED) is 0.576. The van der Waals surface area contributed by atoms with Crippen LogP contribution < -0.4 is 15.5 Å². The minimum atomic E-state index is 0.651. The van der Waals surface area contributed by atoms with Crippen LogP contribution in [0.15, 0.2) is 18.2 Å². The lowest BCUT2D eigenvalue weighted by Crippen LogP contribution is -2.43. The Morgan fingerprint density at radius 3 is 2.70 bits per heavy atom. The molecule has 9 heteroatoms. The number of aromatic nitrogens is 5. The molecule has 1 saturated carbocycles. The SMILES string of the molecule is c1c(Nc2nc(N3CCCC3)nn3c(CN4CCNCC4)ccc23)n[nH]c1C1CC1. The topological polar surface area (TPSA) is 89.4 Å². The number of nitrogens with one attached hydrogen (secondary N) is 3. The molecule has 0 bridgehead atoms. The molecule has 0 unspecified atom stereocenters. The van der Waals surface area contributed by atoms with Crippen molar-refractivity contribution in [2.75, 3.05) is 49.5 Å². The van der Waals surface area contributed by atoms with Crippen LogP contribution in [0.2, 0.25) is 0 Å². The zero-order valence-electron chi connectivity index (χ0n) is 17.3. The summed E-state index contributed by atoms with van der Waals surface area (Å²) in [6.07, 6.45) is 4.92. The van der Waals surface area contributed by atoms with Gasteiger partial charge in [-0.05, 0) is 37.8 Å². The van der Waals surface area contributed by atoms with Gasteiger partial charge in [0.15, 0.2) is 11.6 Å². The summed E-state index contributed by atoms with van der Waals surface area (Å²) in [5.41, 5.74) is 3.43. The van der Waals surface area contributed by atoms with Gasteiger partial charge in [0.25, 0.3) is 0 Å². The van der Waals surface area contributed by atoms with Crippen molar-refractivity contribution in [1.29, 1.82) is 0 Å². The molecule has 158 valence electrons. The van der Waals surface area contributed by atoms with Gasteiger partial charge >= 0.3 is 0 Å². The van der Waals surface area contributed by atoms with E-state index in [4.69, 9.17) is 10.1 Å². The zero-order valence-corrected chi connectivity index (χ0v) is 17.3. The number of nitrogens with zero attached hydrogens (tertiary/aromatic N) is 6. The molecule has 0 amide bonds. The maximum absolute atomic E-state index is 4.95. The molecule has 2 saturated heterocycles. The first kappa shape index (κ1) is 18.1. The zero-order chi connectivity index (χ0) is 19.9. The second-order valence-electron chi connectivity index (χ2n) is 8.71. The fourth-order valence-electron chi connectivity index (χ4n) is 4.52. The Morgan fingerprint density at radius 1 is 1.07 bits per heavy atom. The molecular weight excluding hydrogens is 378 g/mol. The Morgan fingerprint density at radius 2 is 1.90 bits per heavy atom. The standard InChI is InChI=1S/C21H29N9/c1-2-10-29(9-1)21-24-20(23-19-13-17(25-26-19)15-3-4-15)18-6-5-16(30(18)27-21)14-28-11-7-22-8-12-28/h5-6,13,15,22H,1-4,7-12,14H2,(H2,23,24,25,26,27). The number of piperazine rings is 1. The molecule has 0 spiro atoms. The minimum absolute atomic E-state index is 0.651. The van der Waals surface area contributed by atoms with Gasteiger partial charge in [-0.3, -0.25) is 10.00 Å². The van der Waals surface area contributed by atoms with Gasteiger partial charge in [-0.25, -0.2) is 4.52 Å². The third-order valence-corrected chi connectivity index (χ3v) is 6.42. The van der Waals surface area contributed by atoms with E-state index in [-0.39, 0.29) is 0 Å². The Balaban J connectivity index is 1.35. The highest BCUT2D eigenvalue weighted by Crippen LogP contribution is 2.39. The molecular formula is C21H29N9. The number of hydrogen-bond donors (Lipinski definition) is 3. The Hall–Kier alpha value is -2.65. The van der Waals surface area contributed by atoms with Crippen LogP contribution in [0.25, 0.3) is 5.52 Å². The average molecular weight is 408 g/mol. The van der Waals surface area contributed by atoms with Gasteiger partial charge in [0, 0.05) is 63.5 Å². The summed E-state index contributed by atoms with van der Waals surface area (Å²) in [5, 5.41) is 19.5. The smallest absolute Gasteiger partial charge is 0.245 e. The van der Waals surface area contributed by atoms with E-state index in [0.717, 1.165) is 68.9 Å². The van der Waals surface area contributed by atoms with Crippen LogP contribution >= 0.6 is 0 Å². The molecule has 3 aliphatic rings. The molecule has 0 atom stereocenters. The van der Waals surface area contributed by atoms with E-state index in [0.29, 0.717) is 5.92 Å². The van der Waals surface area contributed by atoms with E-state index >= 15 is 0 Å². The number of H-pyrrole nitrogens is 1. The second-order valence-corrected chi connectivity index (χ2v) is 8.71. The summed E-state index contributed by atoms with van der Waals surface area (Å²) < 4.78 is 2.08. The summed E-state index contributed by atoms with van der Waals surface area (Å²) in [7, 11) is 0. The van der Waals surface area contributed by atoms with Gasteiger partial charge in [0.2, 0.25) is 5.95 Å². The number of hydrogen-bond acceptors (Lipinski definition) is 7. The second kappa shape index (κ2) is 7.55. The maximum atomic E-state index is 4.95. The third kappa shape index (κ3) is 3.52. The summed E-state index contributed by atoms with van der Waals surface area (Å²) in [5.74, 6) is 3.11. The van der Waals surface area contributed by atoms with Crippen molar-refractivity contribution in [2.24, 2.45) is 0 Å². The van der Waals surface area contributed by atoms with Crippen LogP contribution in [0.5, 0.6) is 0 Å². The van der Waals surface area contributed by atoms with Crippen LogP contribution in [-0.4, -0.2) is 69.0 Å². The molecule has 6 rings (SSSR count). The van der Waals surface area contributed by atoms with Crippen molar-refractivity contribution in [3.63, 3.8) is 0 Å². The van der Waals surface area contributed by atoms with Gasteiger partial charge in [-0.1, -0.05) is 0 Å². The fraction of sp³-hybridized carbons (Fsp3) is 0.571. The number of fused-ring (bicyclic) bond motifs is 1. The highest BCUT2D eigenvalue weighted by atomic mass is 15.4. The lowest BCUT2D eigenvalue weighted by Gasteiger charge is -2.27. The van der Waals surface area contributed by atoms with Crippen molar-refractivity contribution in [2.45, 2.75) is 38.1 Å². The number of anilines is 3. The predicted molar refractivity (Wildman–Crippen MR) is 116 cm³/mol.